The van der Waals surface area contributed by atoms with Crippen molar-refractivity contribution in [3.8, 4) is 0 Å². The lowest BCUT2D eigenvalue weighted by Gasteiger charge is -2.09. The molecule has 0 saturated heterocycles. The van der Waals surface area contributed by atoms with E-state index in [1.165, 1.54) is 18.3 Å². The average molecular weight is 351 g/mol. The number of hydrogen-bond donors (Lipinski definition) is 3. The van der Waals surface area contributed by atoms with Gasteiger partial charge in [0.05, 0.1) is 23.5 Å². The van der Waals surface area contributed by atoms with Gasteiger partial charge in [0.2, 0.25) is 0 Å². The molecule has 8 heteroatoms. The van der Waals surface area contributed by atoms with Gasteiger partial charge in [-0.15, -0.1) is 0 Å². The van der Waals surface area contributed by atoms with Crippen molar-refractivity contribution in [3.63, 3.8) is 0 Å². The fourth-order valence-electron chi connectivity index (χ4n) is 1.52. The van der Waals surface area contributed by atoms with Crippen LogP contribution in [0.15, 0.2) is 41.0 Å². The number of benzene rings is 1. The van der Waals surface area contributed by atoms with Crippen LogP contribution in [0, 0.1) is 0 Å². The van der Waals surface area contributed by atoms with E-state index in [1.54, 1.807) is 18.2 Å². The number of carboxylic acids is 1. The molecule has 1 heterocycles. The zero-order valence-corrected chi connectivity index (χ0v) is 12.3. The van der Waals surface area contributed by atoms with Crippen LogP contribution >= 0.6 is 15.9 Å². The molecule has 2 aromatic rings. The highest BCUT2D eigenvalue weighted by atomic mass is 79.9. The van der Waals surface area contributed by atoms with E-state index in [1.807, 2.05) is 0 Å². The van der Waals surface area contributed by atoms with Crippen LogP contribution in [-0.4, -0.2) is 27.3 Å². The smallest absolute Gasteiger partial charge is 0.335 e. The van der Waals surface area contributed by atoms with Crippen molar-refractivity contribution in [3.05, 3.63) is 52.3 Å². The summed E-state index contributed by atoms with van der Waals surface area (Å²) in [7, 11) is 0. The molecule has 1 aromatic carbocycles. The van der Waals surface area contributed by atoms with E-state index in [-0.39, 0.29) is 12.1 Å². The number of hydrogen-bond acceptors (Lipinski definition) is 4. The molecule has 0 saturated carbocycles. The molecule has 108 valence electrons. The van der Waals surface area contributed by atoms with Crippen LogP contribution in [-0.2, 0) is 6.54 Å². The summed E-state index contributed by atoms with van der Waals surface area (Å²) in [6.07, 6.45) is 1.54. The molecule has 0 aliphatic heterocycles. The number of amides is 2. The van der Waals surface area contributed by atoms with E-state index >= 15 is 0 Å². The Morgan fingerprint density at radius 3 is 2.76 bits per heavy atom. The van der Waals surface area contributed by atoms with Crippen molar-refractivity contribution in [2.75, 3.05) is 5.32 Å². The second-order valence-corrected chi connectivity index (χ2v) is 4.88. The number of anilines is 1. The lowest BCUT2D eigenvalue weighted by molar-refractivity contribution is 0.0697. The van der Waals surface area contributed by atoms with Crippen LogP contribution in [0.1, 0.15) is 16.1 Å². The summed E-state index contributed by atoms with van der Waals surface area (Å²) < 4.78 is 0.585. The normalized spacial score (nSPS) is 9.95. The first kappa shape index (κ1) is 14.9. The zero-order valence-electron chi connectivity index (χ0n) is 10.7. The number of carboxylic acid groups (broad SMARTS) is 1. The highest BCUT2D eigenvalue weighted by Crippen LogP contribution is 2.23. The van der Waals surface area contributed by atoms with E-state index in [0.29, 0.717) is 15.9 Å². The van der Waals surface area contributed by atoms with Gasteiger partial charge in [-0.1, -0.05) is 0 Å². The lowest BCUT2D eigenvalue weighted by Crippen LogP contribution is -2.28. The number of aromatic nitrogens is 2. The molecule has 2 rings (SSSR count). The number of halogens is 1. The molecule has 0 unspecified atom stereocenters. The third kappa shape index (κ3) is 4.25. The molecule has 2 amide bonds. The van der Waals surface area contributed by atoms with Crippen LogP contribution in [0.3, 0.4) is 0 Å². The molecule has 7 nitrogen and oxygen atoms in total. The first-order valence-electron chi connectivity index (χ1n) is 5.90. The van der Waals surface area contributed by atoms with Crippen LogP contribution in [0.4, 0.5) is 10.5 Å². The molecule has 0 aliphatic rings. The van der Waals surface area contributed by atoms with E-state index in [9.17, 15) is 9.59 Å². The van der Waals surface area contributed by atoms with E-state index in [2.05, 4.69) is 36.8 Å². The number of carbonyl (C=O) groups is 2. The minimum atomic E-state index is -1.06. The Balaban J connectivity index is 1.99. The summed E-state index contributed by atoms with van der Waals surface area (Å²) in [6.45, 7) is 0.218. The summed E-state index contributed by atoms with van der Waals surface area (Å²) in [6, 6.07) is 7.35. The van der Waals surface area contributed by atoms with E-state index < -0.39 is 12.0 Å². The molecule has 0 fully saturated rings. The van der Waals surface area contributed by atoms with Crippen molar-refractivity contribution in [2.45, 2.75) is 6.54 Å². The van der Waals surface area contributed by atoms with E-state index in [4.69, 9.17) is 5.11 Å². The Hall–Kier alpha value is -2.48. The molecule has 0 radical (unpaired) electrons. The van der Waals surface area contributed by atoms with Crippen LogP contribution in [0.25, 0.3) is 0 Å². The van der Waals surface area contributed by atoms with Gasteiger partial charge in [0.25, 0.3) is 0 Å². The maximum Gasteiger partial charge on any atom is 0.335 e. The zero-order chi connectivity index (χ0) is 15.2. The topological polar surface area (TPSA) is 104 Å². The Kier molecular flexibility index (Phi) is 4.83. The Morgan fingerprint density at radius 1 is 1.29 bits per heavy atom. The number of urea groups is 1. The molecule has 0 aliphatic carbocycles. The second-order valence-electron chi connectivity index (χ2n) is 4.02. The van der Waals surface area contributed by atoms with Crippen molar-refractivity contribution in [1.82, 2.24) is 15.5 Å². The number of carbonyl (C=O) groups excluding carboxylic acids is 1. The third-order valence-corrected chi connectivity index (χ3v) is 3.21. The average Bonchev–Trinajstić information content (AvgIpc) is 2.48. The summed E-state index contributed by atoms with van der Waals surface area (Å²) in [5.41, 5.74) is 1.07. The first-order chi connectivity index (χ1) is 10.1. The number of nitrogens with one attached hydrogen (secondary N) is 2. The van der Waals surface area contributed by atoms with Crippen LogP contribution in [0.2, 0.25) is 0 Å². The summed E-state index contributed by atoms with van der Waals surface area (Å²) in [4.78, 5) is 22.7. The van der Waals surface area contributed by atoms with E-state index in [0.717, 1.165) is 0 Å². The predicted molar refractivity (Wildman–Crippen MR) is 79.0 cm³/mol. The van der Waals surface area contributed by atoms with Crippen LogP contribution < -0.4 is 10.6 Å². The summed E-state index contributed by atoms with van der Waals surface area (Å²) >= 11 is 3.25. The fourth-order valence-corrected chi connectivity index (χ4v) is 1.86. The minimum Gasteiger partial charge on any atom is -0.478 e. The largest absolute Gasteiger partial charge is 0.478 e. The molecule has 0 spiro atoms. The second kappa shape index (κ2) is 6.80. The Labute approximate surface area is 128 Å². The van der Waals surface area contributed by atoms with Gasteiger partial charge in [0, 0.05) is 10.7 Å². The quantitative estimate of drug-likeness (QED) is 0.784. The number of aromatic carboxylic acids is 1. The highest BCUT2D eigenvalue weighted by Gasteiger charge is 2.09. The fraction of sp³-hybridized carbons (Fsp3) is 0.0769. The molecular weight excluding hydrogens is 340 g/mol. The van der Waals surface area contributed by atoms with Gasteiger partial charge in [0.1, 0.15) is 0 Å². The SMILES string of the molecule is O=C(NCc1cccnn1)Nc1cc(C(=O)O)ccc1Br. The maximum absolute atomic E-state index is 11.8. The molecule has 3 N–H and O–H groups in total. The van der Waals surface area contributed by atoms with Crippen LogP contribution in [0.5, 0.6) is 0 Å². The third-order valence-electron chi connectivity index (χ3n) is 2.52. The van der Waals surface area contributed by atoms with Gasteiger partial charge in [0.15, 0.2) is 0 Å². The first-order valence-corrected chi connectivity index (χ1v) is 6.70. The molecule has 1 aromatic heterocycles. The van der Waals surface area contributed by atoms with Gasteiger partial charge in [-0.25, -0.2) is 9.59 Å². The van der Waals surface area contributed by atoms with Crippen molar-refractivity contribution >= 4 is 33.6 Å². The molecule has 0 bridgehead atoms. The Bertz CT molecular complexity index is 664. The van der Waals surface area contributed by atoms with Crippen molar-refractivity contribution < 1.29 is 14.7 Å². The number of nitrogens with zero attached hydrogens (tertiary/aromatic N) is 2. The summed E-state index contributed by atoms with van der Waals surface area (Å²) in [5, 5.41) is 21.6. The molecule has 0 atom stereocenters. The minimum absolute atomic E-state index is 0.0856. The van der Waals surface area contributed by atoms with Gasteiger partial charge in [-0.3, -0.25) is 0 Å². The monoisotopic (exact) mass is 350 g/mol. The predicted octanol–water partition coefficient (Wildman–Crippen LogP) is 2.26. The molecular formula is C13H11BrN4O3. The van der Waals surface area contributed by atoms with Crippen molar-refractivity contribution in [1.29, 1.82) is 0 Å². The van der Waals surface area contributed by atoms with Gasteiger partial charge in [-0.2, -0.15) is 10.2 Å². The molecule has 21 heavy (non-hydrogen) atoms. The lowest BCUT2D eigenvalue weighted by atomic mass is 10.2. The Morgan fingerprint density at radius 2 is 2.10 bits per heavy atom. The maximum atomic E-state index is 11.8. The van der Waals surface area contributed by atoms with Gasteiger partial charge >= 0.3 is 12.0 Å². The highest BCUT2D eigenvalue weighted by molar-refractivity contribution is 9.10. The van der Waals surface area contributed by atoms with Gasteiger partial charge in [-0.05, 0) is 46.3 Å². The van der Waals surface area contributed by atoms with Gasteiger partial charge < -0.3 is 15.7 Å². The summed E-state index contributed by atoms with van der Waals surface area (Å²) in [5.74, 6) is -1.06. The number of rotatable bonds is 4. The standard InChI is InChI=1S/C13H11BrN4O3/c14-10-4-3-8(12(19)20)6-11(10)17-13(21)15-7-9-2-1-5-16-18-9/h1-6H,7H2,(H,19,20)(H2,15,17,21). The van der Waals surface area contributed by atoms with Crippen molar-refractivity contribution in [2.24, 2.45) is 0 Å².